The number of piperidine rings is 1. The Morgan fingerprint density at radius 1 is 1.25 bits per heavy atom. The summed E-state index contributed by atoms with van der Waals surface area (Å²) >= 11 is 11.9. The van der Waals surface area contributed by atoms with Gasteiger partial charge in [0.05, 0.1) is 10.3 Å². The summed E-state index contributed by atoms with van der Waals surface area (Å²) < 4.78 is 29.1. The van der Waals surface area contributed by atoms with Crippen LogP contribution >= 0.6 is 23.2 Å². The van der Waals surface area contributed by atoms with Crippen LogP contribution in [0.25, 0.3) is 0 Å². The number of amides is 1. The van der Waals surface area contributed by atoms with Crippen LogP contribution in [0.2, 0.25) is 10.0 Å². The molecule has 2 aliphatic rings. The molecule has 0 N–H and O–H groups in total. The highest BCUT2D eigenvalue weighted by Crippen LogP contribution is 2.38. The summed E-state index contributed by atoms with van der Waals surface area (Å²) in [5.74, 6) is 0.285. The van der Waals surface area contributed by atoms with Gasteiger partial charge in [-0.05, 0) is 43.9 Å². The highest BCUT2D eigenvalue weighted by atomic mass is 35.5. The number of hydrogen-bond donors (Lipinski definition) is 0. The first-order valence-electron chi connectivity index (χ1n) is 7.83. The fourth-order valence-corrected chi connectivity index (χ4v) is 5.30. The first-order valence-corrected chi connectivity index (χ1v) is 10.5. The van der Waals surface area contributed by atoms with Gasteiger partial charge in [0.25, 0.3) is 5.91 Å². The summed E-state index contributed by atoms with van der Waals surface area (Å²) in [6, 6.07) is 4.81. The third kappa shape index (κ3) is 3.65. The number of carbonyl (C=O) groups is 1. The van der Waals surface area contributed by atoms with Crippen LogP contribution in [0, 0.1) is 0 Å². The SMILES string of the molecule is CS(=O)(=O)C1CC2CCC(C1)N2C(=O)COc1ccc(Cl)cc1Cl. The van der Waals surface area contributed by atoms with Crippen molar-refractivity contribution >= 4 is 38.9 Å². The van der Waals surface area contributed by atoms with E-state index < -0.39 is 9.84 Å². The lowest BCUT2D eigenvalue weighted by molar-refractivity contribution is -0.137. The van der Waals surface area contributed by atoms with E-state index in [1.165, 1.54) is 6.26 Å². The Bertz CT molecular complexity index is 738. The zero-order valence-corrected chi connectivity index (χ0v) is 15.6. The summed E-state index contributed by atoms with van der Waals surface area (Å²) in [5, 5.41) is 0.513. The van der Waals surface area contributed by atoms with E-state index >= 15 is 0 Å². The highest BCUT2D eigenvalue weighted by molar-refractivity contribution is 7.91. The average Bonchev–Trinajstić information content (AvgIpc) is 2.75. The second-order valence-corrected chi connectivity index (χ2v) is 9.64. The van der Waals surface area contributed by atoms with Crippen LogP contribution in [0.1, 0.15) is 25.7 Å². The number of fused-ring (bicyclic) bond motifs is 2. The molecule has 0 aliphatic carbocycles. The van der Waals surface area contributed by atoms with Crippen LogP contribution in [0.5, 0.6) is 5.75 Å². The number of halogens is 2. The lowest BCUT2D eigenvalue weighted by Gasteiger charge is -2.38. The predicted octanol–water partition coefficient (Wildman–Crippen LogP) is 2.94. The van der Waals surface area contributed by atoms with Crippen molar-refractivity contribution in [2.75, 3.05) is 12.9 Å². The monoisotopic (exact) mass is 391 g/mol. The van der Waals surface area contributed by atoms with Crippen molar-refractivity contribution < 1.29 is 17.9 Å². The standard InChI is InChI=1S/C16H19Cl2NO4S/c1-24(21,22)13-7-11-3-4-12(8-13)19(11)16(20)9-23-15-5-2-10(17)6-14(15)18/h2,5-6,11-13H,3-4,7-9H2,1H3. The van der Waals surface area contributed by atoms with Gasteiger partial charge in [-0.1, -0.05) is 23.2 Å². The number of carbonyl (C=O) groups excluding carboxylic acids is 1. The van der Waals surface area contributed by atoms with Gasteiger partial charge in [-0.15, -0.1) is 0 Å². The minimum atomic E-state index is -3.06. The van der Waals surface area contributed by atoms with Crippen molar-refractivity contribution in [1.29, 1.82) is 0 Å². The number of benzene rings is 1. The van der Waals surface area contributed by atoms with Crippen molar-refractivity contribution in [3.05, 3.63) is 28.2 Å². The predicted molar refractivity (Wildman–Crippen MR) is 93.5 cm³/mol. The van der Waals surface area contributed by atoms with Crippen molar-refractivity contribution in [1.82, 2.24) is 4.90 Å². The van der Waals surface area contributed by atoms with E-state index in [9.17, 15) is 13.2 Å². The van der Waals surface area contributed by atoms with E-state index in [2.05, 4.69) is 0 Å². The maximum atomic E-state index is 12.5. The van der Waals surface area contributed by atoms with Crippen LogP contribution in [0.4, 0.5) is 0 Å². The molecule has 0 aromatic heterocycles. The third-order valence-electron chi connectivity index (χ3n) is 4.83. The van der Waals surface area contributed by atoms with Gasteiger partial charge in [-0.2, -0.15) is 0 Å². The summed E-state index contributed by atoms with van der Waals surface area (Å²) in [7, 11) is -3.06. The van der Waals surface area contributed by atoms with Gasteiger partial charge in [-0.3, -0.25) is 4.79 Å². The van der Waals surface area contributed by atoms with Crippen LogP contribution in [-0.4, -0.2) is 49.4 Å². The molecule has 2 fully saturated rings. The van der Waals surface area contributed by atoms with Gasteiger partial charge in [0.2, 0.25) is 0 Å². The van der Waals surface area contributed by atoms with Crippen LogP contribution in [0.15, 0.2) is 18.2 Å². The molecule has 2 heterocycles. The molecule has 24 heavy (non-hydrogen) atoms. The van der Waals surface area contributed by atoms with Crippen molar-refractivity contribution in [2.45, 2.75) is 43.0 Å². The molecule has 2 bridgehead atoms. The Morgan fingerprint density at radius 2 is 1.88 bits per heavy atom. The zero-order chi connectivity index (χ0) is 17.5. The fourth-order valence-electron chi connectivity index (χ4n) is 3.69. The Hall–Kier alpha value is -0.980. The van der Waals surface area contributed by atoms with E-state index in [1.807, 2.05) is 4.90 Å². The van der Waals surface area contributed by atoms with Gasteiger partial charge in [0.1, 0.15) is 15.6 Å². The summed E-state index contributed by atoms with van der Waals surface area (Å²) in [5.41, 5.74) is 0. The molecule has 2 unspecified atom stereocenters. The topological polar surface area (TPSA) is 63.7 Å². The fraction of sp³-hybridized carbons (Fsp3) is 0.562. The number of hydrogen-bond acceptors (Lipinski definition) is 4. The molecule has 0 saturated carbocycles. The molecule has 132 valence electrons. The van der Waals surface area contributed by atoms with Crippen LogP contribution < -0.4 is 4.74 Å². The Balaban J connectivity index is 1.64. The Kier molecular flexibility index (Phi) is 5.00. The van der Waals surface area contributed by atoms with Gasteiger partial charge >= 0.3 is 0 Å². The van der Waals surface area contributed by atoms with E-state index in [-0.39, 0.29) is 29.8 Å². The summed E-state index contributed by atoms with van der Waals surface area (Å²) in [4.78, 5) is 14.4. The molecule has 3 rings (SSSR count). The van der Waals surface area contributed by atoms with Crippen LogP contribution in [-0.2, 0) is 14.6 Å². The maximum absolute atomic E-state index is 12.5. The quantitative estimate of drug-likeness (QED) is 0.791. The van der Waals surface area contributed by atoms with E-state index in [4.69, 9.17) is 27.9 Å². The van der Waals surface area contributed by atoms with Crippen molar-refractivity contribution in [3.8, 4) is 5.75 Å². The van der Waals surface area contributed by atoms with Gasteiger partial charge in [0.15, 0.2) is 6.61 Å². The molecule has 2 aliphatic heterocycles. The number of sulfone groups is 1. The molecule has 1 aromatic carbocycles. The maximum Gasteiger partial charge on any atom is 0.261 e. The first kappa shape index (κ1) is 17.8. The molecular weight excluding hydrogens is 373 g/mol. The molecule has 0 spiro atoms. The molecule has 5 nitrogen and oxygen atoms in total. The normalized spacial score (nSPS) is 26.5. The third-order valence-corrected chi connectivity index (χ3v) is 6.95. The molecule has 1 aromatic rings. The van der Waals surface area contributed by atoms with Crippen molar-refractivity contribution in [3.63, 3.8) is 0 Å². The lowest BCUT2D eigenvalue weighted by atomic mass is 10.0. The number of ether oxygens (including phenoxy) is 1. The molecule has 8 heteroatoms. The second kappa shape index (κ2) is 6.73. The highest BCUT2D eigenvalue weighted by Gasteiger charge is 2.45. The minimum Gasteiger partial charge on any atom is -0.482 e. The number of nitrogens with zero attached hydrogens (tertiary/aromatic N) is 1. The second-order valence-electron chi connectivity index (χ2n) is 6.47. The molecular formula is C16H19Cl2NO4S. The molecule has 2 atom stereocenters. The summed E-state index contributed by atoms with van der Waals surface area (Å²) in [6.07, 6.45) is 4.01. The van der Waals surface area contributed by atoms with E-state index in [1.54, 1.807) is 18.2 Å². The van der Waals surface area contributed by atoms with Crippen LogP contribution in [0.3, 0.4) is 0 Å². The lowest BCUT2D eigenvalue weighted by Crippen LogP contribution is -2.51. The molecule has 1 amide bonds. The smallest absolute Gasteiger partial charge is 0.261 e. The van der Waals surface area contributed by atoms with Crippen molar-refractivity contribution in [2.24, 2.45) is 0 Å². The van der Waals surface area contributed by atoms with Gasteiger partial charge < -0.3 is 9.64 Å². The van der Waals surface area contributed by atoms with Gasteiger partial charge in [0, 0.05) is 23.4 Å². The van der Waals surface area contributed by atoms with E-state index in [0.29, 0.717) is 28.6 Å². The number of rotatable bonds is 4. The first-order chi connectivity index (χ1) is 11.3. The van der Waals surface area contributed by atoms with Gasteiger partial charge in [-0.25, -0.2) is 8.42 Å². The Morgan fingerprint density at radius 3 is 2.42 bits per heavy atom. The summed E-state index contributed by atoms with van der Waals surface area (Å²) in [6.45, 7) is -0.113. The zero-order valence-electron chi connectivity index (χ0n) is 13.2. The minimum absolute atomic E-state index is 0.0136. The largest absolute Gasteiger partial charge is 0.482 e. The Labute approximate surface area is 151 Å². The van der Waals surface area contributed by atoms with E-state index in [0.717, 1.165) is 12.8 Å². The molecule has 0 radical (unpaired) electrons. The average molecular weight is 392 g/mol. The molecule has 2 saturated heterocycles.